The first-order valence-electron chi connectivity index (χ1n) is 7.93. The molecule has 0 bridgehead atoms. The Morgan fingerprint density at radius 3 is 2.92 bits per heavy atom. The molecule has 0 aromatic carbocycles. The molecule has 134 valence electrons. The second-order valence-electron chi connectivity index (χ2n) is 5.96. The predicted octanol–water partition coefficient (Wildman–Crippen LogP) is 2.52. The Kier molecular flexibility index (Phi) is 4.56. The van der Waals surface area contributed by atoms with Gasteiger partial charge in [-0.2, -0.15) is 5.10 Å². The fourth-order valence-corrected chi connectivity index (χ4v) is 2.95. The summed E-state index contributed by atoms with van der Waals surface area (Å²) in [5.74, 6) is 0.606. The summed E-state index contributed by atoms with van der Waals surface area (Å²) in [6.45, 7) is 2.56. The third kappa shape index (κ3) is 3.13. The van der Waals surface area contributed by atoms with Crippen LogP contribution in [0.15, 0.2) is 12.3 Å². The molecule has 0 atom stereocenters. The molecular weight excluding hydrogens is 330 g/mol. The van der Waals surface area contributed by atoms with Crippen LogP contribution in [0.25, 0.3) is 0 Å². The number of aromatic nitrogens is 3. The van der Waals surface area contributed by atoms with Gasteiger partial charge in [-0.3, -0.25) is 10.1 Å². The monoisotopic (exact) mass is 350 g/mol. The Morgan fingerprint density at radius 1 is 1.48 bits per heavy atom. The number of carbonyl (C=O) groups is 1. The number of halogens is 2. The van der Waals surface area contributed by atoms with Crippen LogP contribution in [0.3, 0.4) is 0 Å². The summed E-state index contributed by atoms with van der Waals surface area (Å²) in [7, 11) is 3.33. The van der Waals surface area contributed by atoms with Crippen molar-refractivity contribution in [2.75, 3.05) is 25.5 Å². The summed E-state index contributed by atoms with van der Waals surface area (Å²) in [4.78, 5) is 19.3. The number of aryl methyl sites for hydroxylation is 1. The van der Waals surface area contributed by atoms with E-state index in [4.69, 9.17) is 0 Å². The van der Waals surface area contributed by atoms with E-state index in [-0.39, 0.29) is 11.6 Å². The average Bonchev–Trinajstić information content (AvgIpc) is 3.03. The third-order valence-corrected chi connectivity index (χ3v) is 4.46. The number of anilines is 2. The van der Waals surface area contributed by atoms with Crippen LogP contribution in [0.4, 0.5) is 25.1 Å². The molecule has 2 aromatic heterocycles. The van der Waals surface area contributed by atoms with Crippen LogP contribution in [0, 0.1) is 6.92 Å². The van der Waals surface area contributed by atoms with E-state index in [1.165, 1.54) is 6.07 Å². The zero-order valence-corrected chi connectivity index (χ0v) is 14.3. The van der Waals surface area contributed by atoms with E-state index in [9.17, 15) is 13.6 Å². The fraction of sp³-hybridized carbons (Fsp3) is 0.438. The van der Waals surface area contributed by atoms with Crippen LogP contribution in [0.2, 0.25) is 0 Å². The SMILES string of the molecule is CNC(=O)N1CCc2[nH]nc(N(C)c3cnc(C)c(C(F)F)c3)c2C1. The number of urea groups is 1. The number of rotatable bonds is 3. The van der Waals surface area contributed by atoms with Crippen LogP contribution < -0.4 is 10.2 Å². The number of nitrogens with one attached hydrogen (secondary N) is 2. The lowest BCUT2D eigenvalue weighted by Gasteiger charge is -2.28. The molecule has 1 aliphatic rings. The zero-order valence-electron chi connectivity index (χ0n) is 14.3. The highest BCUT2D eigenvalue weighted by molar-refractivity contribution is 5.75. The molecule has 25 heavy (non-hydrogen) atoms. The molecule has 2 N–H and O–H groups in total. The lowest BCUT2D eigenvalue weighted by atomic mass is 10.1. The second-order valence-corrected chi connectivity index (χ2v) is 5.96. The average molecular weight is 350 g/mol. The number of carbonyl (C=O) groups excluding carboxylic acids is 1. The Hall–Kier alpha value is -2.71. The molecular formula is C16H20F2N6O. The van der Waals surface area contributed by atoms with E-state index in [0.717, 1.165) is 11.3 Å². The van der Waals surface area contributed by atoms with Gasteiger partial charge in [0.2, 0.25) is 0 Å². The van der Waals surface area contributed by atoms with Crippen molar-refractivity contribution in [1.29, 1.82) is 0 Å². The molecule has 0 fully saturated rings. The van der Waals surface area contributed by atoms with Crippen molar-refractivity contribution in [3.05, 3.63) is 34.8 Å². The van der Waals surface area contributed by atoms with E-state index in [1.807, 2.05) is 0 Å². The van der Waals surface area contributed by atoms with Gasteiger partial charge in [0, 0.05) is 49.6 Å². The largest absolute Gasteiger partial charge is 0.341 e. The number of fused-ring (bicyclic) bond motifs is 1. The maximum atomic E-state index is 13.1. The van der Waals surface area contributed by atoms with Gasteiger partial charge >= 0.3 is 6.03 Å². The maximum Gasteiger partial charge on any atom is 0.317 e. The topological polar surface area (TPSA) is 77.2 Å². The molecule has 1 aliphatic heterocycles. The highest BCUT2D eigenvalue weighted by Gasteiger charge is 2.27. The zero-order chi connectivity index (χ0) is 18.1. The van der Waals surface area contributed by atoms with Gasteiger partial charge in [-0.05, 0) is 13.0 Å². The van der Waals surface area contributed by atoms with Crippen molar-refractivity contribution < 1.29 is 13.6 Å². The smallest absolute Gasteiger partial charge is 0.317 e. The molecule has 0 radical (unpaired) electrons. The molecule has 3 rings (SSSR count). The fourth-order valence-electron chi connectivity index (χ4n) is 2.95. The number of hydrogen-bond donors (Lipinski definition) is 2. The number of aromatic amines is 1. The van der Waals surface area contributed by atoms with Gasteiger partial charge in [-0.15, -0.1) is 0 Å². The summed E-state index contributed by atoms with van der Waals surface area (Å²) in [5.41, 5.74) is 2.57. The van der Waals surface area contributed by atoms with Crippen LogP contribution in [-0.2, 0) is 13.0 Å². The first-order chi connectivity index (χ1) is 11.9. The Morgan fingerprint density at radius 2 is 2.24 bits per heavy atom. The summed E-state index contributed by atoms with van der Waals surface area (Å²) in [6.07, 6.45) is -0.377. The second kappa shape index (κ2) is 6.66. The van der Waals surface area contributed by atoms with Crippen molar-refractivity contribution in [1.82, 2.24) is 25.4 Å². The summed E-state index contributed by atoms with van der Waals surface area (Å²) in [5, 5.41) is 9.92. The number of nitrogens with zero attached hydrogens (tertiary/aromatic N) is 4. The van der Waals surface area contributed by atoms with Gasteiger partial charge < -0.3 is 15.1 Å². The first kappa shape index (κ1) is 17.1. The molecule has 0 unspecified atom stereocenters. The highest BCUT2D eigenvalue weighted by atomic mass is 19.3. The number of hydrogen-bond acceptors (Lipinski definition) is 4. The van der Waals surface area contributed by atoms with E-state index in [1.54, 1.807) is 37.0 Å². The van der Waals surface area contributed by atoms with Gasteiger partial charge in [0.15, 0.2) is 5.82 Å². The van der Waals surface area contributed by atoms with Crippen molar-refractivity contribution >= 4 is 17.5 Å². The third-order valence-electron chi connectivity index (χ3n) is 4.46. The van der Waals surface area contributed by atoms with Crippen LogP contribution in [0.5, 0.6) is 0 Å². The minimum Gasteiger partial charge on any atom is -0.341 e. The molecule has 2 amide bonds. The maximum absolute atomic E-state index is 13.1. The van der Waals surface area contributed by atoms with E-state index in [2.05, 4.69) is 20.5 Å². The van der Waals surface area contributed by atoms with Gasteiger partial charge in [0.1, 0.15) is 0 Å². The number of amides is 2. The molecule has 0 saturated heterocycles. The Balaban J connectivity index is 1.92. The molecule has 0 spiro atoms. The molecule has 7 nitrogen and oxygen atoms in total. The van der Waals surface area contributed by atoms with Crippen LogP contribution >= 0.6 is 0 Å². The minimum atomic E-state index is -2.59. The van der Waals surface area contributed by atoms with E-state index >= 15 is 0 Å². The van der Waals surface area contributed by atoms with Crippen molar-refractivity contribution in [2.45, 2.75) is 26.3 Å². The number of alkyl halides is 2. The predicted molar refractivity (Wildman–Crippen MR) is 89.2 cm³/mol. The highest BCUT2D eigenvalue weighted by Crippen LogP contribution is 2.32. The summed E-state index contributed by atoms with van der Waals surface area (Å²) in [6, 6.07) is 1.27. The van der Waals surface area contributed by atoms with Crippen molar-refractivity contribution in [3.8, 4) is 0 Å². The molecule has 2 aromatic rings. The van der Waals surface area contributed by atoms with Crippen LogP contribution in [0.1, 0.15) is 28.9 Å². The molecule has 0 saturated carbocycles. The molecule has 9 heteroatoms. The Bertz CT molecular complexity index is 791. The van der Waals surface area contributed by atoms with E-state index < -0.39 is 6.43 Å². The lowest BCUT2D eigenvalue weighted by Crippen LogP contribution is -2.41. The molecule has 0 aliphatic carbocycles. The van der Waals surface area contributed by atoms with E-state index in [0.29, 0.717) is 36.7 Å². The molecule has 3 heterocycles. The van der Waals surface area contributed by atoms with Gasteiger partial charge in [0.25, 0.3) is 6.43 Å². The van der Waals surface area contributed by atoms with Crippen LogP contribution in [-0.4, -0.2) is 46.8 Å². The lowest BCUT2D eigenvalue weighted by molar-refractivity contribution is 0.150. The minimum absolute atomic E-state index is 0.0965. The summed E-state index contributed by atoms with van der Waals surface area (Å²) < 4.78 is 26.3. The number of H-pyrrole nitrogens is 1. The van der Waals surface area contributed by atoms with Gasteiger partial charge in [-0.1, -0.05) is 0 Å². The Labute approximate surface area is 144 Å². The van der Waals surface area contributed by atoms with Crippen molar-refractivity contribution in [2.24, 2.45) is 0 Å². The standard InChI is InChI=1S/C16H20F2N6O/c1-9-11(14(17)18)6-10(7-20-9)23(3)15-12-8-24(16(25)19-2)5-4-13(12)21-22-15/h6-7,14H,4-5,8H2,1-3H3,(H,19,25)(H,21,22). The van der Waals surface area contributed by atoms with Gasteiger partial charge in [-0.25, -0.2) is 13.6 Å². The van der Waals surface area contributed by atoms with Crippen molar-refractivity contribution in [3.63, 3.8) is 0 Å². The van der Waals surface area contributed by atoms with Gasteiger partial charge in [0.05, 0.1) is 18.4 Å². The summed E-state index contributed by atoms with van der Waals surface area (Å²) >= 11 is 0. The first-order valence-corrected chi connectivity index (χ1v) is 7.93. The number of pyridine rings is 1. The quantitative estimate of drug-likeness (QED) is 0.892. The normalized spacial score (nSPS) is 13.8.